The van der Waals surface area contributed by atoms with Gasteiger partial charge in [0.25, 0.3) is 0 Å². The Morgan fingerprint density at radius 3 is 2.69 bits per heavy atom. The third-order valence-corrected chi connectivity index (χ3v) is 5.88. The fourth-order valence-electron chi connectivity index (χ4n) is 4.21. The first-order valence-corrected chi connectivity index (χ1v) is 9.69. The van der Waals surface area contributed by atoms with Crippen LogP contribution in [-0.4, -0.2) is 10.9 Å². The van der Waals surface area contributed by atoms with Crippen LogP contribution in [-0.2, 0) is 0 Å². The molecule has 0 bridgehead atoms. The summed E-state index contributed by atoms with van der Waals surface area (Å²) < 4.78 is 5.74. The first-order valence-electron chi connectivity index (χ1n) is 9.32. The fourth-order valence-corrected chi connectivity index (χ4v) is 4.47. The molecule has 140 valence electrons. The number of benzene rings is 3. The molecule has 0 radical (unpaired) electrons. The number of aryl methyl sites for hydroxylation is 1. The van der Waals surface area contributed by atoms with E-state index in [-0.39, 0.29) is 5.90 Å². The smallest absolute Gasteiger partial charge is 0.205 e. The highest BCUT2D eigenvalue weighted by Gasteiger charge is 2.39. The van der Waals surface area contributed by atoms with Gasteiger partial charge in [-0.1, -0.05) is 60.1 Å². The van der Waals surface area contributed by atoms with E-state index in [2.05, 4.69) is 11.1 Å². The zero-order chi connectivity index (χ0) is 20.1. The van der Waals surface area contributed by atoms with Gasteiger partial charge in [-0.3, -0.25) is 5.41 Å². The van der Waals surface area contributed by atoms with Crippen molar-refractivity contribution in [3.05, 3.63) is 82.5 Å². The van der Waals surface area contributed by atoms with Crippen LogP contribution in [0.5, 0.6) is 5.75 Å². The highest BCUT2D eigenvalue weighted by Crippen LogP contribution is 2.47. The molecule has 1 aromatic heterocycles. The van der Waals surface area contributed by atoms with E-state index >= 15 is 0 Å². The van der Waals surface area contributed by atoms with E-state index in [9.17, 15) is 5.26 Å². The van der Waals surface area contributed by atoms with Crippen molar-refractivity contribution in [1.29, 1.82) is 10.7 Å². The molecule has 29 heavy (non-hydrogen) atoms. The maximum atomic E-state index is 9.90. The summed E-state index contributed by atoms with van der Waals surface area (Å²) in [5.41, 5.74) is 3.50. The summed E-state index contributed by atoms with van der Waals surface area (Å²) in [5.74, 6) is -0.701. The molecule has 5 heteroatoms. The van der Waals surface area contributed by atoms with Gasteiger partial charge in [-0.15, -0.1) is 0 Å². The number of halogens is 1. The third kappa shape index (κ3) is 2.66. The Balaban J connectivity index is 1.86. The van der Waals surface area contributed by atoms with Crippen molar-refractivity contribution in [3.8, 4) is 11.8 Å². The normalized spacial score (nSPS) is 18.3. The molecule has 0 fully saturated rings. The maximum Gasteiger partial charge on any atom is 0.205 e. The Morgan fingerprint density at radius 2 is 1.86 bits per heavy atom. The summed E-state index contributed by atoms with van der Waals surface area (Å²) in [6, 6.07) is 22.0. The molecular formula is C24H16ClN3O. The molecule has 0 spiro atoms. The van der Waals surface area contributed by atoms with E-state index in [1.807, 2.05) is 67.6 Å². The van der Waals surface area contributed by atoms with Gasteiger partial charge in [0.15, 0.2) is 0 Å². The second-order valence-electron chi connectivity index (χ2n) is 7.26. The Morgan fingerprint density at radius 1 is 1.07 bits per heavy atom. The van der Waals surface area contributed by atoms with Crippen LogP contribution in [0.25, 0.3) is 21.7 Å². The van der Waals surface area contributed by atoms with Gasteiger partial charge in [0.2, 0.25) is 5.90 Å². The zero-order valence-electron chi connectivity index (χ0n) is 15.6. The number of aromatic nitrogens is 1. The van der Waals surface area contributed by atoms with Crippen LogP contribution in [0, 0.1) is 29.6 Å². The van der Waals surface area contributed by atoms with E-state index < -0.39 is 11.8 Å². The molecule has 0 aliphatic carbocycles. The van der Waals surface area contributed by atoms with Gasteiger partial charge in [0.05, 0.1) is 11.6 Å². The van der Waals surface area contributed by atoms with Gasteiger partial charge >= 0.3 is 0 Å². The minimum Gasteiger partial charge on any atom is -0.442 e. The average molecular weight is 398 g/mol. The van der Waals surface area contributed by atoms with Crippen molar-refractivity contribution in [3.63, 3.8) is 0 Å². The van der Waals surface area contributed by atoms with E-state index in [1.165, 1.54) is 0 Å². The molecule has 2 heterocycles. The third-order valence-electron chi connectivity index (χ3n) is 5.58. The number of nitrogens with one attached hydrogen (secondary N) is 1. The second-order valence-corrected chi connectivity index (χ2v) is 7.62. The average Bonchev–Trinajstić information content (AvgIpc) is 2.73. The Hall–Kier alpha value is -3.42. The van der Waals surface area contributed by atoms with Crippen LogP contribution in [0.4, 0.5) is 0 Å². The lowest BCUT2D eigenvalue weighted by molar-refractivity contribution is 0.453. The van der Waals surface area contributed by atoms with Crippen molar-refractivity contribution >= 4 is 39.2 Å². The van der Waals surface area contributed by atoms with Crippen molar-refractivity contribution in [2.45, 2.75) is 12.8 Å². The lowest BCUT2D eigenvalue weighted by Crippen LogP contribution is -2.31. The summed E-state index contributed by atoms with van der Waals surface area (Å²) >= 11 is 6.66. The number of pyridine rings is 1. The summed E-state index contributed by atoms with van der Waals surface area (Å²) in [7, 11) is 0. The molecule has 1 aliphatic heterocycles. The lowest BCUT2D eigenvalue weighted by Gasteiger charge is -2.31. The van der Waals surface area contributed by atoms with E-state index in [0.717, 1.165) is 38.4 Å². The Kier molecular flexibility index (Phi) is 4.01. The number of nitriles is 1. The van der Waals surface area contributed by atoms with E-state index in [0.29, 0.717) is 10.9 Å². The van der Waals surface area contributed by atoms with Gasteiger partial charge in [0.1, 0.15) is 16.8 Å². The maximum absolute atomic E-state index is 9.90. The molecule has 4 aromatic rings. The topological polar surface area (TPSA) is 69.8 Å². The number of hydrogen-bond acceptors (Lipinski definition) is 4. The standard InChI is InChI=1S/C24H16ClN3O/c1-13-5-4-7-15-11-17(23(25)28-22(13)15)20-18(12-26)24(27)29-19-10-9-14-6-2-3-8-16(14)21(19)20/h2-11,18,20,27H,1H3. The summed E-state index contributed by atoms with van der Waals surface area (Å²) in [4.78, 5) is 4.64. The molecule has 1 aliphatic rings. The van der Waals surface area contributed by atoms with Gasteiger partial charge in [-0.25, -0.2) is 4.98 Å². The molecule has 3 aromatic carbocycles. The zero-order valence-corrected chi connectivity index (χ0v) is 16.4. The lowest BCUT2D eigenvalue weighted by atomic mass is 9.77. The SMILES string of the molecule is Cc1cccc2cc(C3c4c(ccc5ccccc45)OC(=N)C3C#N)c(Cl)nc12. The summed E-state index contributed by atoms with van der Waals surface area (Å²) in [6.45, 7) is 2.00. The molecular weight excluding hydrogens is 382 g/mol. The van der Waals surface area contributed by atoms with Crippen LogP contribution >= 0.6 is 11.6 Å². The van der Waals surface area contributed by atoms with Crippen LogP contribution < -0.4 is 4.74 Å². The summed E-state index contributed by atoms with van der Waals surface area (Å²) in [6.07, 6.45) is 0. The first kappa shape index (κ1) is 17.7. The van der Waals surface area contributed by atoms with E-state index in [4.69, 9.17) is 21.7 Å². The van der Waals surface area contributed by atoms with Crippen molar-refractivity contribution in [1.82, 2.24) is 4.98 Å². The largest absolute Gasteiger partial charge is 0.442 e. The van der Waals surface area contributed by atoms with Crippen LogP contribution in [0.15, 0.2) is 60.7 Å². The quantitative estimate of drug-likeness (QED) is 0.401. The number of ether oxygens (including phenoxy) is 1. The molecule has 2 atom stereocenters. The van der Waals surface area contributed by atoms with Gasteiger partial charge in [-0.05, 0) is 41.0 Å². The molecule has 4 nitrogen and oxygen atoms in total. The van der Waals surface area contributed by atoms with E-state index in [1.54, 1.807) is 0 Å². The highest BCUT2D eigenvalue weighted by atomic mass is 35.5. The van der Waals surface area contributed by atoms with Crippen LogP contribution in [0.2, 0.25) is 5.15 Å². The highest BCUT2D eigenvalue weighted by molar-refractivity contribution is 6.30. The summed E-state index contributed by atoms with van der Waals surface area (Å²) in [5, 5.41) is 21.6. The number of nitrogens with zero attached hydrogens (tertiary/aromatic N) is 2. The first-order chi connectivity index (χ1) is 14.1. The van der Waals surface area contributed by atoms with Gasteiger partial charge in [0, 0.05) is 16.9 Å². The predicted octanol–water partition coefficient (Wildman–Crippen LogP) is 5.99. The van der Waals surface area contributed by atoms with Crippen molar-refractivity contribution < 1.29 is 4.74 Å². The molecule has 0 saturated carbocycles. The molecule has 0 saturated heterocycles. The van der Waals surface area contributed by atoms with Gasteiger partial charge in [-0.2, -0.15) is 5.26 Å². The van der Waals surface area contributed by atoms with Crippen molar-refractivity contribution in [2.75, 3.05) is 0 Å². The van der Waals surface area contributed by atoms with Crippen LogP contribution in [0.1, 0.15) is 22.6 Å². The Labute approximate surface area is 172 Å². The number of para-hydroxylation sites is 1. The number of hydrogen-bond donors (Lipinski definition) is 1. The monoisotopic (exact) mass is 397 g/mol. The second kappa shape index (κ2) is 6.58. The van der Waals surface area contributed by atoms with Crippen LogP contribution in [0.3, 0.4) is 0 Å². The molecule has 1 N–H and O–H groups in total. The minimum absolute atomic E-state index is 0.0688. The minimum atomic E-state index is -0.783. The number of fused-ring (bicyclic) bond motifs is 4. The molecule has 0 amide bonds. The Bertz CT molecular complexity index is 1360. The molecule has 2 unspecified atom stereocenters. The van der Waals surface area contributed by atoms with Gasteiger partial charge < -0.3 is 4.74 Å². The fraction of sp³-hybridized carbons (Fsp3) is 0.125. The van der Waals surface area contributed by atoms with Crippen molar-refractivity contribution in [2.24, 2.45) is 5.92 Å². The number of rotatable bonds is 1. The predicted molar refractivity (Wildman–Crippen MR) is 115 cm³/mol. The molecule has 5 rings (SSSR count).